The SMILES string of the molecule is CN[C@]1(c2ccccc2)CC[C@]2(CC1)CN(c1ccc(C#N)cc1OC)C(=O)N2CC1(O)CCC1. The standard InChI is InChI=1S/C28H34N4O3/c1-30-28(22-7-4-3-5-8-22)15-13-26(14-16-28)19-31(23-10-9-21(18-29)17-24(23)35-2)25(33)32(26)20-27(34)11-6-12-27/h3-5,7-10,17,30,34H,6,11-16,19-20H2,1-2H3/t26-,28+. The summed E-state index contributed by atoms with van der Waals surface area (Å²) in [7, 11) is 3.58. The summed E-state index contributed by atoms with van der Waals surface area (Å²) in [6.07, 6.45) is 5.92. The van der Waals surface area contributed by atoms with E-state index in [1.807, 2.05) is 18.0 Å². The molecule has 0 atom stereocenters. The second kappa shape index (κ2) is 8.85. The summed E-state index contributed by atoms with van der Waals surface area (Å²) in [5.74, 6) is 0.515. The fraction of sp³-hybridized carbons (Fsp3) is 0.500. The molecule has 1 aliphatic heterocycles. The normalized spacial score (nSPS) is 27.5. The summed E-state index contributed by atoms with van der Waals surface area (Å²) in [5, 5.41) is 24.0. The Hall–Kier alpha value is -3.08. The topological polar surface area (TPSA) is 88.8 Å². The highest BCUT2D eigenvalue weighted by molar-refractivity contribution is 5.97. The monoisotopic (exact) mass is 474 g/mol. The Labute approximate surface area is 207 Å². The minimum absolute atomic E-state index is 0.0926. The minimum atomic E-state index is -0.801. The van der Waals surface area contributed by atoms with Crippen LogP contribution in [0.25, 0.3) is 0 Å². The Morgan fingerprint density at radius 3 is 2.37 bits per heavy atom. The summed E-state index contributed by atoms with van der Waals surface area (Å²) < 4.78 is 5.58. The number of β-amino-alcohol motifs (C(OH)–C–C–N with tert-alkyl or cyclic N) is 1. The summed E-state index contributed by atoms with van der Waals surface area (Å²) in [5.41, 5.74) is 1.14. The molecule has 1 saturated heterocycles. The van der Waals surface area contributed by atoms with Crippen molar-refractivity contribution in [2.75, 3.05) is 32.1 Å². The van der Waals surface area contributed by atoms with Crippen LogP contribution in [0.2, 0.25) is 0 Å². The number of methoxy groups -OCH3 is 1. The second-order valence-electron chi connectivity index (χ2n) is 10.5. The Morgan fingerprint density at radius 1 is 1.09 bits per heavy atom. The molecule has 0 unspecified atom stereocenters. The highest BCUT2D eigenvalue weighted by Gasteiger charge is 2.56. The molecule has 3 fully saturated rings. The van der Waals surface area contributed by atoms with Crippen molar-refractivity contribution >= 4 is 11.7 Å². The Morgan fingerprint density at radius 2 is 1.80 bits per heavy atom. The van der Waals surface area contributed by atoms with Crippen molar-refractivity contribution in [2.45, 2.75) is 61.6 Å². The van der Waals surface area contributed by atoms with Gasteiger partial charge < -0.3 is 20.1 Å². The van der Waals surface area contributed by atoms with Crippen LogP contribution in [0.15, 0.2) is 48.5 Å². The molecule has 0 aromatic heterocycles. The van der Waals surface area contributed by atoms with Gasteiger partial charge in [-0.1, -0.05) is 30.3 Å². The van der Waals surface area contributed by atoms with Gasteiger partial charge in [-0.05, 0) is 69.7 Å². The maximum atomic E-state index is 13.9. The van der Waals surface area contributed by atoms with Crippen LogP contribution in [-0.2, 0) is 5.54 Å². The molecule has 2 aromatic rings. The zero-order valence-electron chi connectivity index (χ0n) is 20.6. The maximum absolute atomic E-state index is 13.9. The number of aliphatic hydroxyl groups is 1. The molecule has 2 aliphatic carbocycles. The molecular weight excluding hydrogens is 440 g/mol. The van der Waals surface area contributed by atoms with Crippen molar-refractivity contribution in [3.05, 3.63) is 59.7 Å². The first kappa shape index (κ1) is 23.7. The van der Waals surface area contributed by atoms with E-state index >= 15 is 0 Å². The zero-order valence-corrected chi connectivity index (χ0v) is 20.6. The first-order valence-electron chi connectivity index (χ1n) is 12.5. The number of carbonyl (C=O) groups is 1. The largest absolute Gasteiger partial charge is 0.495 e. The fourth-order valence-electron chi connectivity index (χ4n) is 6.24. The molecule has 3 aliphatic rings. The van der Waals surface area contributed by atoms with Gasteiger partial charge in [0.15, 0.2) is 0 Å². The van der Waals surface area contributed by atoms with Gasteiger partial charge in [0.05, 0.1) is 48.7 Å². The van der Waals surface area contributed by atoms with E-state index in [1.165, 1.54) is 5.56 Å². The number of amides is 2. The number of nitrogens with zero attached hydrogens (tertiary/aromatic N) is 3. The number of ether oxygens (including phenoxy) is 1. The van der Waals surface area contributed by atoms with Crippen LogP contribution in [0, 0.1) is 11.3 Å². The van der Waals surface area contributed by atoms with Gasteiger partial charge in [0, 0.05) is 11.6 Å². The van der Waals surface area contributed by atoms with Crippen LogP contribution in [0.3, 0.4) is 0 Å². The van der Waals surface area contributed by atoms with Crippen LogP contribution in [0.4, 0.5) is 10.5 Å². The Bertz CT molecular complexity index is 1130. The Kier molecular flexibility index (Phi) is 5.98. The van der Waals surface area contributed by atoms with Crippen molar-refractivity contribution in [3.8, 4) is 11.8 Å². The molecule has 1 spiro atoms. The molecule has 35 heavy (non-hydrogen) atoms. The molecule has 1 heterocycles. The molecule has 5 rings (SSSR count). The quantitative estimate of drug-likeness (QED) is 0.657. The van der Waals surface area contributed by atoms with Crippen molar-refractivity contribution in [1.29, 1.82) is 5.26 Å². The number of urea groups is 1. The third kappa shape index (κ3) is 3.95. The number of anilines is 1. The van der Waals surface area contributed by atoms with Crippen molar-refractivity contribution in [3.63, 3.8) is 0 Å². The average Bonchev–Trinajstić information content (AvgIpc) is 3.14. The molecule has 0 bridgehead atoms. The van der Waals surface area contributed by atoms with E-state index in [4.69, 9.17) is 4.74 Å². The number of hydrogen-bond donors (Lipinski definition) is 2. The van der Waals surface area contributed by atoms with E-state index < -0.39 is 5.60 Å². The predicted octanol–water partition coefficient (Wildman–Crippen LogP) is 4.15. The molecule has 2 aromatic carbocycles. The van der Waals surface area contributed by atoms with Gasteiger partial charge in [-0.15, -0.1) is 0 Å². The minimum Gasteiger partial charge on any atom is -0.495 e. The van der Waals surface area contributed by atoms with E-state index in [1.54, 1.807) is 30.2 Å². The van der Waals surface area contributed by atoms with Gasteiger partial charge in [-0.25, -0.2) is 4.79 Å². The van der Waals surface area contributed by atoms with Crippen LogP contribution in [-0.4, -0.2) is 54.4 Å². The third-order valence-electron chi connectivity index (χ3n) is 8.66. The lowest BCUT2D eigenvalue weighted by molar-refractivity contribution is -0.0690. The lowest BCUT2D eigenvalue weighted by atomic mass is 9.68. The van der Waals surface area contributed by atoms with Crippen LogP contribution in [0.5, 0.6) is 5.75 Å². The fourth-order valence-corrected chi connectivity index (χ4v) is 6.24. The van der Waals surface area contributed by atoms with Crippen molar-refractivity contribution < 1.29 is 14.6 Å². The highest BCUT2D eigenvalue weighted by Crippen LogP contribution is 2.49. The summed E-state index contributed by atoms with van der Waals surface area (Å²) in [6.45, 7) is 0.900. The lowest BCUT2D eigenvalue weighted by Crippen LogP contribution is -2.59. The smallest absolute Gasteiger partial charge is 0.325 e. The number of hydrogen-bond acceptors (Lipinski definition) is 5. The number of carbonyl (C=O) groups excluding carboxylic acids is 1. The molecule has 7 nitrogen and oxygen atoms in total. The van der Waals surface area contributed by atoms with Crippen LogP contribution < -0.4 is 15.0 Å². The number of benzene rings is 2. The van der Waals surface area contributed by atoms with Gasteiger partial charge in [0.1, 0.15) is 5.75 Å². The highest BCUT2D eigenvalue weighted by atomic mass is 16.5. The molecular formula is C28H34N4O3. The number of rotatable bonds is 6. The van der Waals surface area contributed by atoms with Gasteiger partial charge in [0.2, 0.25) is 0 Å². The molecule has 2 N–H and O–H groups in total. The maximum Gasteiger partial charge on any atom is 0.325 e. The Balaban J connectivity index is 1.48. The lowest BCUT2D eigenvalue weighted by Gasteiger charge is -2.50. The summed E-state index contributed by atoms with van der Waals surface area (Å²) >= 11 is 0. The predicted molar refractivity (Wildman–Crippen MR) is 134 cm³/mol. The van der Waals surface area contributed by atoms with Crippen molar-refractivity contribution in [2.24, 2.45) is 0 Å². The van der Waals surface area contributed by atoms with E-state index in [9.17, 15) is 15.2 Å². The summed E-state index contributed by atoms with van der Waals surface area (Å²) in [6, 6.07) is 17.8. The molecule has 7 heteroatoms. The van der Waals surface area contributed by atoms with E-state index in [0.717, 1.165) is 44.9 Å². The van der Waals surface area contributed by atoms with E-state index in [-0.39, 0.29) is 17.1 Å². The first-order chi connectivity index (χ1) is 16.9. The van der Waals surface area contributed by atoms with E-state index in [0.29, 0.717) is 30.1 Å². The van der Waals surface area contributed by atoms with Crippen LogP contribution in [0.1, 0.15) is 56.1 Å². The third-order valence-corrected chi connectivity index (χ3v) is 8.66. The first-order valence-corrected chi connectivity index (χ1v) is 12.5. The van der Waals surface area contributed by atoms with Gasteiger partial charge >= 0.3 is 6.03 Å². The number of nitrogens with one attached hydrogen (secondary N) is 1. The van der Waals surface area contributed by atoms with Gasteiger partial charge in [-0.3, -0.25) is 4.90 Å². The zero-order chi connectivity index (χ0) is 24.7. The van der Waals surface area contributed by atoms with E-state index in [2.05, 4.69) is 35.7 Å². The molecule has 2 amide bonds. The van der Waals surface area contributed by atoms with Gasteiger partial charge in [0.25, 0.3) is 0 Å². The molecule has 2 saturated carbocycles. The molecule has 184 valence electrons. The average molecular weight is 475 g/mol. The van der Waals surface area contributed by atoms with Crippen molar-refractivity contribution in [1.82, 2.24) is 10.2 Å². The summed E-state index contributed by atoms with van der Waals surface area (Å²) in [4.78, 5) is 17.7. The van der Waals surface area contributed by atoms with Gasteiger partial charge in [-0.2, -0.15) is 5.26 Å². The van der Waals surface area contributed by atoms with Crippen LogP contribution >= 0.6 is 0 Å². The molecule has 0 radical (unpaired) electrons. The number of nitriles is 1. The second-order valence-corrected chi connectivity index (χ2v) is 10.5.